The van der Waals surface area contributed by atoms with Gasteiger partial charge in [0.2, 0.25) is 0 Å². The van der Waals surface area contributed by atoms with Gasteiger partial charge in [-0.05, 0) is 17.9 Å². The van der Waals surface area contributed by atoms with Crippen molar-refractivity contribution in [1.29, 1.82) is 0 Å². The minimum Gasteiger partial charge on any atom is -0.410 e. The molecule has 0 fully saturated rings. The van der Waals surface area contributed by atoms with Crippen molar-refractivity contribution < 1.29 is 9.31 Å². The molecule has 3 nitrogen and oxygen atoms in total. The first-order valence-electron chi connectivity index (χ1n) is 4.75. The lowest BCUT2D eigenvalue weighted by Gasteiger charge is -2.09. The molecule has 2 N–H and O–H groups in total. The summed E-state index contributed by atoms with van der Waals surface area (Å²) < 4.78 is 10.9. The van der Waals surface area contributed by atoms with Crippen LogP contribution in [0, 0.1) is 6.92 Å². The molecule has 1 aromatic carbocycles. The Kier molecular flexibility index (Phi) is 2.59. The monoisotopic (exact) mass is 191 g/mol. The molecule has 1 unspecified atom stereocenters. The molecule has 14 heavy (non-hydrogen) atoms. The van der Waals surface area contributed by atoms with Crippen molar-refractivity contribution in [2.45, 2.75) is 13.0 Å². The van der Waals surface area contributed by atoms with E-state index in [2.05, 4.69) is 25.1 Å². The fourth-order valence-corrected chi connectivity index (χ4v) is 1.85. The molecule has 1 heterocycles. The molecule has 2 rings (SSSR count). The highest BCUT2D eigenvalue weighted by Crippen LogP contribution is 2.23. The zero-order valence-corrected chi connectivity index (χ0v) is 8.49. The smallest absolute Gasteiger partial charge is 0.410 e. The minimum absolute atomic E-state index is 0.0187. The number of rotatable bonds is 2. The Hall–Kier alpha value is -0.835. The van der Waals surface area contributed by atoms with E-state index in [0.717, 1.165) is 5.46 Å². The van der Waals surface area contributed by atoms with Crippen LogP contribution in [-0.4, -0.2) is 20.8 Å². The van der Waals surface area contributed by atoms with Gasteiger partial charge in [-0.1, -0.05) is 23.8 Å². The summed E-state index contributed by atoms with van der Waals surface area (Å²) in [6, 6.07) is 6.23. The Bertz CT molecular complexity index is 343. The second kappa shape index (κ2) is 3.73. The zero-order chi connectivity index (χ0) is 10.1. The maximum atomic E-state index is 5.64. The standard InChI is InChI=1S/C10H14BNO2/c1-7-3-4-9-8(5-7)10(6-12)14-11(9)13-2/h3-5,10H,6,12H2,1-2H3. The molecule has 0 amide bonds. The lowest BCUT2D eigenvalue weighted by atomic mass is 9.78. The molecule has 1 atom stereocenters. The van der Waals surface area contributed by atoms with E-state index in [0.29, 0.717) is 6.54 Å². The van der Waals surface area contributed by atoms with Crippen molar-refractivity contribution in [1.82, 2.24) is 0 Å². The summed E-state index contributed by atoms with van der Waals surface area (Å²) in [5.41, 5.74) is 9.13. The van der Waals surface area contributed by atoms with Gasteiger partial charge in [0, 0.05) is 13.7 Å². The first kappa shape index (κ1) is 9.71. The average molecular weight is 191 g/mol. The van der Waals surface area contributed by atoms with Crippen LogP contribution in [0.5, 0.6) is 0 Å². The first-order chi connectivity index (χ1) is 6.76. The Labute approximate surface area is 84.3 Å². The summed E-state index contributed by atoms with van der Waals surface area (Å²) in [7, 11) is 1.40. The predicted molar refractivity (Wildman–Crippen MR) is 56.5 cm³/mol. The fourth-order valence-electron chi connectivity index (χ4n) is 1.85. The van der Waals surface area contributed by atoms with Crippen LogP contribution < -0.4 is 11.2 Å². The Morgan fingerprint density at radius 1 is 1.57 bits per heavy atom. The second-order valence-electron chi connectivity index (χ2n) is 3.56. The van der Waals surface area contributed by atoms with E-state index in [-0.39, 0.29) is 13.2 Å². The molecule has 1 aliphatic rings. The molecule has 0 aliphatic carbocycles. The minimum atomic E-state index is -0.251. The third kappa shape index (κ3) is 1.45. The van der Waals surface area contributed by atoms with Gasteiger partial charge in [0.25, 0.3) is 0 Å². The van der Waals surface area contributed by atoms with Crippen molar-refractivity contribution in [3.05, 3.63) is 29.3 Å². The van der Waals surface area contributed by atoms with Crippen molar-refractivity contribution >= 4 is 12.6 Å². The second-order valence-corrected chi connectivity index (χ2v) is 3.56. The third-order valence-electron chi connectivity index (χ3n) is 2.56. The topological polar surface area (TPSA) is 44.5 Å². The molecule has 0 bridgehead atoms. The lowest BCUT2D eigenvalue weighted by molar-refractivity contribution is 0.182. The zero-order valence-electron chi connectivity index (χ0n) is 8.49. The van der Waals surface area contributed by atoms with Gasteiger partial charge in [-0.2, -0.15) is 0 Å². The molecule has 0 aromatic heterocycles. The van der Waals surface area contributed by atoms with Gasteiger partial charge in [0.05, 0.1) is 6.10 Å². The largest absolute Gasteiger partial charge is 0.494 e. The maximum absolute atomic E-state index is 5.64. The third-order valence-corrected chi connectivity index (χ3v) is 2.56. The Morgan fingerprint density at radius 2 is 2.36 bits per heavy atom. The number of benzene rings is 1. The fraction of sp³-hybridized carbons (Fsp3) is 0.400. The molecule has 4 heteroatoms. The summed E-state index contributed by atoms with van der Waals surface area (Å²) in [6.07, 6.45) is -0.0187. The van der Waals surface area contributed by atoms with E-state index in [1.54, 1.807) is 7.11 Å². The van der Waals surface area contributed by atoms with Gasteiger partial charge in [0.15, 0.2) is 0 Å². The highest BCUT2D eigenvalue weighted by Gasteiger charge is 2.35. The van der Waals surface area contributed by atoms with Crippen LogP contribution >= 0.6 is 0 Å². The van der Waals surface area contributed by atoms with Crippen LogP contribution in [-0.2, 0) is 9.31 Å². The highest BCUT2D eigenvalue weighted by atomic mass is 16.6. The van der Waals surface area contributed by atoms with E-state index >= 15 is 0 Å². The number of hydrogen-bond acceptors (Lipinski definition) is 3. The van der Waals surface area contributed by atoms with Crippen molar-refractivity contribution in [3.8, 4) is 0 Å². The molecule has 0 spiro atoms. The molecule has 0 radical (unpaired) electrons. The van der Waals surface area contributed by atoms with E-state index < -0.39 is 0 Å². The molecule has 0 saturated carbocycles. The first-order valence-corrected chi connectivity index (χ1v) is 4.75. The van der Waals surface area contributed by atoms with Crippen molar-refractivity contribution in [2.75, 3.05) is 13.7 Å². The molecule has 0 saturated heterocycles. The normalized spacial score (nSPS) is 19.9. The van der Waals surface area contributed by atoms with Gasteiger partial charge in [0.1, 0.15) is 0 Å². The van der Waals surface area contributed by atoms with Crippen LogP contribution in [0.25, 0.3) is 0 Å². The van der Waals surface area contributed by atoms with Gasteiger partial charge in [-0.25, -0.2) is 0 Å². The quantitative estimate of drug-likeness (QED) is 0.686. The number of aryl methyl sites for hydroxylation is 1. The highest BCUT2D eigenvalue weighted by molar-refractivity contribution is 6.63. The Morgan fingerprint density at radius 3 is 3.00 bits per heavy atom. The maximum Gasteiger partial charge on any atom is 0.494 e. The molecule has 1 aliphatic heterocycles. The van der Waals surface area contributed by atoms with Gasteiger partial charge in [-0.15, -0.1) is 0 Å². The van der Waals surface area contributed by atoms with E-state index in [1.807, 2.05) is 0 Å². The van der Waals surface area contributed by atoms with Gasteiger partial charge < -0.3 is 15.0 Å². The summed E-state index contributed by atoms with van der Waals surface area (Å²) >= 11 is 0. The SMILES string of the molecule is COB1OC(CN)c2cc(C)ccc21. The summed E-state index contributed by atoms with van der Waals surface area (Å²) in [4.78, 5) is 0. The van der Waals surface area contributed by atoms with Crippen LogP contribution in [0.4, 0.5) is 0 Å². The van der Waals surface area contributed by atoms with Crippen LogP contribution in [0.2, 0.25) is 0 Å². The average Bonchev–Trinajstić information content (AvgIpc) is 2.55. The predicted octanol–water partition coefficient (Wildman–Crippen LogP) is 0.367. The number of nitrogens with two attached hydrogens (primary N) is 1. The van der Waals surface area contributed by atoms with Crippen molar-refractivity contribution in [2.24, 2.45) is 5.73 Å². The van der Waals surface area contributed by atoms with Crippen LogP contribution in [0.15, 0.2) is 18.2 Å². The molecule has 1 aromatic rings. The Balaban J connectivity index is 2.42. The van der Waals surface area contributed by atoms with Crippen molar-refractivity contribution in [3.63, 3.8) is 0 Å². The summed E-state index contributed by atoms with van der Waals surface area (Å²) in [6.45, 7) is 2.56. The van der Waals surface area contributed by atoms with Crippen LogP contribution in [0.1, 0.15) is 17.2 Å². The lowest BCUT2D eigenvalue weighted by Crippen LogP contribution is -2.30. The molecule has 74 valence electrons. The van der Waals surface area contributed by atoms with Crippen LogP contribution in [0.3, 0.4) is 0 Å². The number of fused-ring (bicyclic) bond motifs is 1. The van der Waals surface area contributed by atoms with E-state index in [9.17, 15) is 0 Å². The summed E-state index contributed by atoms with van der Waals surface area (Å²) in [5.74, 6) is 0. The molecular weight excluding hydrogens is 177 g/mol. The summed E-state index contributed by atoms with van der Waals surface area (Å²) in [5, 5.41) is 0. The number of hydrogen-bond donors (Lipinski definition) is 1. The van der Waals surface area contributed by atoms with E-state index in [4.69, 9.17) is 15.0 Å². The molecular formula is C10H14BNO2. The van der Waals surface area contributed by atoms with E-state index in [1.165, 1.54) is 11.1 Å². The van der Waals surface area contributed by atoms with Gasteiger partial charge in [-0.3, -0.25) is 0 Å². The van der Waals surface area contributed by atoms with Gasteiger partial charge >= 0.3 is 7.12 Å².